The minimum Gasteiger partial charge on any atom is -0.497 e. The minimum atomic E-state index is -0.465. The van der Waals surface area contributed by atoms with Crippen LogP contribution in [0.4, 0.5) is 11.6 Å². The molecule has 33 heavy (non-hydrogen) atoms. The van der Waals surface area contributed by atoms with E-state index in [2.05, 4.69) is 25.0 Å². The summed E-state index contributed by atoms with van der Waals surface area (Å²) in [5.41, 5.74) is 1.65. The van der Waals surface area contributed by atoms with Gasteiger partial charge in [-0.05, 0) is 42.7 Å². The summed E-state index contributed by atoms with van der Waals surface area (Å²) in [5, 5.41) is 12.4. The van der Waals surface area contributed by atoms with Gasteiger partial charge in [-0.2, -0.15) is 0 Å². The number of carbonyl (C=O) groups excluding carboxylic acids is 1. The smallest absolute Gasteiger partial charge is 0.242 e. The molecule has 0 bridgehead atoms. The van der Waals surface area contributed by atoms with Gasteiger partial charge < -0.3 is 19.7 Å². The van der Waals surface area contributed by atoms with Crippen molar-refractivity contribution < 1.29 is 14.3 Å². The van der Waals surface area contributed by atoms with Gasteiger partial charge in [-0.15, -0.1) is 10.2 Å². The molecular weight excluding hydrogens is 438 g/mol. The van der Waals surface area contributed by atoms with Crippen molar-refractivity contribution in [3.63, 3.8) is 0 Å². The molecule has 2 aliphatic rings. The summed E-state index contributed by atoms with van der Waals surface area (Å²) in [5.74, 6) is 1.52. The van der Waals surface area contributed by atoms with Crippen LogP contribution >= 0.6 is 11.8 Å². The monoisotopic (exact) mass is 465 g/mol. The number of ether oxygens (including phenoxy) is 2. The van der Waals surface area contributed by atoms with Crippen molar-refractivity contribution in [1.29, 1.82) is 0 Å². The van der Waals surface area contributed by atoms with Crippen molar-refractivity contribution in [1.82, 2.24) is 14.8 Å². The lowest BCUT2D eigenvalue weighted by atomic mass is 10.1. The predicted molar refractivity (Wildman–Crippen MR) is 128 cm³/mol. The van der Waals surface area contributed by atoms with Crippen molar-refractivity contribution in [2.24, 2.45) is 0 Å². The van der Waals surface area contributed by atoms with Crippen LogP contribution in [-0.4, -0.2) is 54.1 Å². The Hall–Kier alpha value is -3.04. The SMILES string of the molecule is COc1ccc(NC(=O)C(Sc2nnc(N3CCOCC3)n2C2CC2)c2ccccc2)cc1. The number of morpholine rings is 1. The summed E-state index contributed by atoms with van der Waals surface area (Å²) >= 11 is 1.45. The van der Waals surface area contributed by atoms with Gasteiger partial charge in [0.2, 0.25) is 11.9 Å². The van der Waals surface area contributed by atoms with Crippen molar-refractivity contribution >= 4 is 29.3 Å². The van der Waals surface area contributed by atoms with Gasteiger partial charge in [-0.25, -0.2) is 0 Å². The minimum absolute atomic E-state index is 0.102. The maximum Gasteiger partial charge on any atom is 0.242 e. The normalized spacial score (nSPS) is 16.9. The van der Waals surface area contributed by atoms with Crippen LogP contribution in [0.2, 0.25) is 0 Å². The van der Waals surface area contributed by atoms with E-state index >= 15 is 0 Å². The van der Waals surface area contributed by atoms with Gasteiger partial charge in [0.25, 0.3) is 0 Å². The van der Waals surface area contributed by atoms with E-state index in [1.165, 1.54) is 11.8 Å². The zero-order valence-electron chi connectivity index (χ0n) is 18.5. The molecular formula is C24H27N5O3S. The number of benzene rings is 2. The molecule has 1 N–H and O–H groups in total. The number of aromatic nitrogens is 3. The Bertz CT molecular complexity index is 1080. The standard InChI is InChI=1S/C24H27N5O3S/c1-31-20-11-7-18(8-12-20)25-22(30)21(17-5-3-2-4-6-17)33-24-27-26-23(29(24)19-9-10-19)28-13-15-32-16-14-28/h2-8,11-12,19,21H,9-10,13-16H2,1H3,(H,25,30). The molecule has 1 saturated carbocycles. The Morgan fingerprint density at radius 2 is 1.82 bits per heavy atom. The Morgan fingerprint density at radius 1 is 1.09 bits per heavy atom. The Kier molecular flexibility index (Phi) is 6.50. The van der Waals surface area contributed by atoms with Crippen LogP contribution in [0.15, 0.2) is 59.8 Å². The van der Waals surface area contributed by atoms with Crippen LogP contribution in [0.1, 0.15) is 29.7 Å². The number of rotatable bonds is 8. The number of amides is 1. The summed E-state index contributed by atoms with van der Waals surface area (Å²) < 4.78 is 12.9. The molecule has 0 radical (unpaired) electrons. The Balaban J connectivity index is 1.42. The second kappa shape index (κ2) is 9.84. The molecule has 9 heteroatoms. The van der Waals surface area contributed by atoms with E-state index in [4.69, 9.17) is 9.47 Å². The first-order valence-corrected chi connectivity index (χ1v) is 12.0. The third-order valence-corrected chi connectivity index (χ3v) is 6.98. The number of carbonyl (C=O) groups is 1. The quantitative estimate of drug-likeness (QED) is 0.505. The second-order valence-electron chi connectivity index (χ2n) is 8.11. The first-order valence-electron chi connectivity index (χ1n) is 11.2. The zero-order valence-corrected chi connectivity index (χ0v) is 19.3. The molecule has 8 nitrogen and oxygen atoms in total. The van der Waals surface area contributed by atoms with Gasteiger partial charge in [0.1, 0.15) is 11.0 Å². The fourth-order valence-electron chi connectivity index (χ4n) is 3.87. The summed E-state index contributed by atoms with van der Waals surface area (Å²) in [6, 6.07) is 17.5. The molecule has 2 fully saturated rings. The molecule has 2 aromatic carbocycles. The van der Waals surface area contributed by atoms with E-state index in [0.29, 0.717) is 19.3 Å². The lowest BCUT2D eigenvalue weighted by Gasteiger charge is -2.28. The lowest BCUT2D eigenvalue weighted by molar-refractivity contribution is -0.115. The second-order valence-corrected chi connectivity index (χ2v) is 9.18. The van der Waals surface area contributed by atoms with Crippen molar-refractivity contribution in [3.8, 4) is 5.75 Å². The summed E-state index contributed by atoms with van der Waals surface area (Å²) in [7, 11) is 1.62. The highest BCUT2D eigenvalue weighted by molar-refractivity contribution is 8.00. The summed E-state index contributed by atoms with van der Waals surface area (Å²) in [6.45, 7) is 2.99. The van der Waals surface area contributed by atoms with E-state index in [0.717, 1.165) is 54.0 Å². The molecule has 1 amide bonds. The molecule has 2 heterocycles. The van der Waals surface area contributed by atoms with Crippen molar-refractivity contribution in [2.75, 3.05) is 43.6 Å². The molecule has 0 spiro atoms. The van der Waals surface area contributed by atoms with Crippen LogP contribution < -0.4 is 15.0 Å². The topological polar surface area (TPSA) is 81.5 Å². The average Bonchev–Trinajstić information content (AvgIpc) is 3.63. The maximum absolute atomic E-state index is 13.4. The number of nitrogens with zero attached hydrogens (tertiary/aromatic N) is 4. The highest BCUT2D eigenvalue weighted by atomic mass is 32.2. The van der Waals surface area contributed by atoms with E-state index in [9.17, 15) is 4.79 Å². The number of hydrogen-bond acceptors (Lipinski definition) is 7. The van der Waals surface area contributed by atoms with Gasteiger partial charge in [0.15, 0.2) is 5.16 Å². The molecule has 3 aromatic rings. The lowest BCUT2D eigenvalue weighted by Crippen LogP contribution is -2.38. The maximum atomic E-state index is 13.4. The summed E-state index contributed by atoms with van der Waals surface area (Å²) in [6.07, 6.45) is 2.22. The number of hydrogen-bond donors (Lipinski definition) is 1. The molecule has 1 aliphatic heterocycles. The van der Waals surface area contributed by atoms with Gasteiger partial charge in [0, 0.05) is 24.8 Å². The van der Waals surface area contributed by atoms with Crippen molar-refractivity contribution in [2.45, 2.75) is 29.3 Å². The van der Waals surface area contributed by atoms with Crippen molar-refractivity contribution in [3.05, 3.63) is 60.2 Å². The molecule has 172 valence electrons. The predicted octanol–water partition coefficient (Wildman–Crippen LogP) is 3.93. The average molecular weight is 466 g/mol. The molecule has 1 atom stereocenters. The van der Waals surface area contributed by atoms with E-state index in [-0.39, 0.29) is 5.91 Å². The highest BCUT2D eigenvalue weighted by Gasteiger charge is 2.34. The van der Waals surface area contributed by atoms with Gasteiger partial charge in [-0.1, -0.05) is 42.1 Å². The first-order chi connectivity index (χ1) is 16.2. The van der Waals surface area contributed by atoms with E-state index in [1.807, 2.05) is 54.6 Å². The number of nitrogens with one attached hydrogen (secondary N) is 1. The summed E-state index contributed by atoms with van der Waals surface area (Å²) in [4.78, 5) is 15.7. The van der Waals surface area contributed by atoms with Gasteiger partial charge >= 0.3 is 0 Å². The fraction of sp³-hybridized carbons (Fsp3) is 0.375. The zero-order chi connectivity index (χ0) is 22.6. The first kappa shape index (κ1) is 21.8. The van der Waals surface area contributed by atoms with Gasteiger partial charge in [-0.3, -0.25) is 9.36 Å². The van der Waals surface area contributed by atoms with Crippen LogP contribution in [0.5, 0.6) is 5.75 Å². The fourth-order valence-corrected chi connectivity index (χ4v) is 4.97. The van der Waals surface area contributed by atoms with E-state index < -0.39 is 5.25 Å². The molecule has 1 aliphatic carbocycles. The molecule has 1 aromatic heterocycles. The van der Waals surface area contributed by atoms with Crippen LogP contribution in [0.25, 0.3) is 0 Å². The Morgan fingerprint density at radius 3 is 2.48 bits per heavy atom. The molecule has 1 saturated heterocycles. The van der Waals surface area contributed by atoms with Crippen LogP contribution in [0.3, 0.4) is 0 Å². The largest absolute Gasteiger partial charge is 0.497 e. The van der Waals surface area contributed by atoms with E-state index in [1.54, 1.807) is 7.11 Å². The molecule has 5 rings (SSSR count). The molecule has 1 unspecified atom stereocenters. The Labute approximate surface area is 197 Å². The number of thioether (sulfide) groups is 1. The number of methoxy groups -OCH3 is 1. The van der Waals surface area contributed by atoms with Crippen LogP contribution in [-0.2, 0) is 9.53 Å². The number of anilines is 2. The van der Waals surface area contributed by atoms with Gasteiger partial charge in [0.05, 0.1) is 20.3 Å². The third-order valence-electron chi connectivity index (χ3n) is 5.77. The third kappa shape index (κ3) is 4.99. The highest BCUT2D eigenvalue weighted by Crippen LogP contribution is 2.44. The van der Waals surface area contributed by atoms with Crippen LogP contribution in [0, 0.1) is 0 Å².